The molecule has 0 spiro atoms. The third-order valence-electron chi connectivity index (χ3n) is 2.34. The molecule has 18 heavy (non-hydrogen) atoms. The maximum absolute atomic E-state index is 10.6. The van der Waals surface area contributed by atoms with Gasteiger partial charge in [-0.1, -0.05) is 6.07 Å². The number of carboxylic acid groups (broad SMARTS) is 1. The van der Waals surface area contributed by atoms with Crippen LogP contribution >= 0.6 is 0 Å². The summed E-state index contributed by atoms with van der Waals surface area (Å²) in [6.45, 7) is -0.113. The van der Waals surface area contributed by atoms with Crippen molar-refractivity contribution in [3.05, 3.63) is 36.5 Å². The summed E-state index contributed by atoms with van der Waals surface area (Å²) in [6, 6.07) is 9.02. The summed E-state index contributed by atoms with van der Waals surface area (Å²) < 4.78 is 0. The Morgan fingerprint density at radius 1 is 1.22 bits per heavy atom. The van der Waals surface area contributed by atoms with Crippen LogP contribution in [0.4, 0.5) is 5.82 Å². The van der Waals surface area contributed by atoms with E-state index in [1.165, 1.54) is 4.90 Å². The molecule has 92 valence electrons. The molecule has 2 heterocycles. The average molecular weight is 244 g/mol. The van der Waals surface area contributed by atoms with Crippen LogP contribution in [-0.2, 0) is 4.79 Å². The van der Waals surface area contributed by atoms with Crippen molar-refractivity contribution < 1.29 is 9.90 Å². The second-order valence-electron chi connectivity index (χ2n) is 3.74. The fourth-order valence-electron chi connectivity index (χ4n) is 1.46. The molecular weight excluding hydrogens is 232 g/mol. The predicted molar refractivity (Wildman–Crippen MR) is 66.2 cm³/mol. The molecule has 6 heteroatoms. The number of nitrogens with zero attached hydrogens (tertiary/aromatic N) is 4. The second-order valence-corrected chi connectivity index (χ2v) is 3.74. The van der Waals surface area contributed by atoms with E-state index < -0.39 is 5.97 Å². The molecule has 0 fully saturated rings. The Balaban J connectivity index is 2.18. The lowest BCUT2D eigenvalue weighted by Crippen LogP contribution is -2.26. The number of carboxylic acids is 1. The van der Waals surface area contributed by atoms with Crippen molar-refractivity contribution in [2.45, 2.75) is 0 Å². The second kappa shape index (κ2) is 5.22. The van der Waals surface area contributed by atoms with E-state index >= 15 is 0 Å². The third kappa shape index (κ3) is 2.79. The van der Waals surface area contributed by atoms with E-state index in [-0.39, 0.29) is 6.54 Å². The topological polar surface area (TPSA) is 79.2 Å². The normalized spacial score (nSPS) is 10.1. The van der Waals surface area contributed by atoms with Crippen molar-refractivity contribution in [2.24, 2.45) is 0 Å². The average Bonchev–Trinajstić information content (AvgIpc) is 2.39. The number of aliphatic carboxylic acids is 1. The highest BCUT2D eigenvalue weighted by Gasteiger charge is 2.08. The molecule has 0 aromatic carbocycles. The highest BCUT2D eigenvalue weighted by atomic mass is 16.4. The standard InChI is InChI=1S/C12H12N4O2/c1-16(8-12(17)18)11-6-5-10(14-15-11)9-4-2-3-7-13-9/h2-7H,8H2,1H3,(H,17,18). The van der Waals surface area contributed by atoms with Crippen LogP contribution in [0.25, 0.3) is 11.4 Å². The quantitative estimate of drug-likeness (QED) is 0.866. The number of pyridine rings is 1. The Labute approximate surface area is 104 Å². The highest BCUT2D eigenvalue weighted by molar-refractivity contribution is 5.73. The van der Waals surface area contributed by atoms with Crippen molar-refractivity contribution in [1.82, 2.24) is 15.2 Å². The minimum Gasteiger partial charge on any atom is -0.480 e. The smallest absolute Gasteiger partial charge is 0.323 e. The van der Waals surface area contributed by atoms with Crippen LogP contribution in [-0.4, -0.2) is 39.8 Å². The Bertz CT molecular complexity index is 528. The van der Waals surface area contributed by atoms with Crippen LogP contribution in [0.5, 0.6) is 0 Å². The van der Waals surface area contributed by atoms with Crippen molar-refractivity contribution in [2.75, 3.05) is 18.5 Å². The molecule has 0 saturated heterocycles. The van der Waals surface area contributed by atoms with Crippen molar-refractivity contribution >= 4 is 11.8 Å². The summed E-state index contributed by atoms with van der Waals surface area (Å²) in [5, 5.41) is 16.7. The van der Waals surface area contributed by atoms with Gasteiger partial charge in [0.15, 0.2) is 5.82 Å². The first-order valence-electron chi connectivity index (χ1n) is 5.35. The molecule has 2 rings (SSSR count). The maximum atomic E-state index is 10.6. The molecule has 0 aliphatic carbocycles. The molecule has 0 atom stereocenters. The number of rotatable bonds is 4. The van der Waals surface area contributed by atoms with Crippen LogP contribution in [0.15, 0.2) is 36.5 Å². The molecule has 0 aliphatic rings. The Morgan fingerprint density at radius 2 is 2.06 bits per heavy atom. The number of hydrogen-bond donors (Lipinski definition) is 1. The van der Waals surface area contributed by atoms with Crippen molar-refractivity contribution in [3.63, 3.8) is 0 Å². The van der Waals surface area contributed by atoms with Gasteiger partial charge in [-0.15, -0.1) is 10.2 Å². The van der Waals surface area contributed by atoms with Gasteiger partial charge in [-0.25, -0.2) is 0 Å². The van der Waals surface area contributed by atoms with Gasteiger partial charge in [-0.2, -0.15) is 0 Å². The van der Waals surface area contributed by atoms with Crippen LogP contribution in [0.1, 0.15) is 0 Å². The summed E-state index contributed by atoms with van der Waals surface area (Å²) in [5.41, 5.74) is 1.39. The molecule has 6 nitrogen and oxygen atoms in total. The van der Waals surface area contributed by atoms with Gasteiger partial charge in [0.2, 0.25) is 0 Å². The first-order valence-corrected chi connectivity index (χ1v) is 5.35. The number of hydrogen-bond acceptors (Lipinski definition) is 5. The molecule has 0 saturated carbocycles. The zero-order chi connectivity index (χ0) is 13.0. The fourth-order valence-corrected chi connectivity index (χ4v) is 1.46. The van der Waals surface area contributed by atoms with Crippen molar-refractivity contribution in [3.8, 4) is 11.4 Å². The van der Waals surface area contributed by atoms with Gasteiger partial charge in [-0.05, 0) is 24.3 Å². The molecule has 0 radical (unpaired) electrons. The SMILES string of the molecule is CN(CC(=O)O)c1ccc(-c2ccccn2)nn1. The summed E-state index contributed by atoms with van der Waals surface area (Å²) in [4.78, 5) is 16.2. The number of anilines is 1. The maximum Gasteiger partial charge on any atom is 0.323 e. The lowest BCUT2D eigenvalue weighted by Gasteiger charge is -2.14. The largest absolute Gasteiger partial charge is 0.480 e. The van der Waals surface area contributed by atoms with Gasteiger partial charge in [0.1, 0.15) is 12.2 Å². The van der Waals surface area contributed by atoms with E-state index in [2.05, 4.69) is 15.2 Å². The summed E-state index contributed by atoms with van der Waals surface area (Å²) in [6.07, 6.45) is 1.68. The first kappa shape index (κ1) is 12.0. The van der Waals surface area contributed by atoms with E-state index in [0.29, 0.717) is 11.5 Å². The van der Waals surface area contributed by atoms with E-state index in [0.717, 1.165) is 5.69 Å². The van der Waals surface area contributed by atoms with Crippen LogP contribution in [0.3, 0.4) is 0 Å². The van der Waals surface area contributed by atoms with Gasteiger partial charge >= 0.3 is 5.97 Å². The van der Waals surface area contributed by atoms with Gasteiger partial charge in [0.05, 0.1) is 5.69 Å². The molecule has 1 N–H and O–H groups in total. The monoisotopic (exact) mass is 244 g/mol. The zero-order valence-corrected chi connectivity index (χ0v) is 9.82. The van der Waals surface area contributed by atoms with Gasteiger partial charge in [0.25, 0.3) is 0 Å². The molecule has 0 bridgehead atoms. The predicted octanol–water partition coefficient (Wildman–Crippen LogP) is 1.06. The molecule has 0 unspecified atom stereocenters. The lowest BCUT2D eigenvalue weighted by molar-refractivity contribution is -0.135. The van der Waals surface area contributed by atoms with Crippen LogP contribution < -0.4 is 4.90 Å². The van der Waals surface area contributed by atoms with E-state index in [9.17, 15) is 4.79 Å². The van der Waals surface area contributed by atoms with Crippen molar-refractivity contribution in [1.29, 1.82) is 0 Å². The minimum absolute atomic E-state index is 0.113. The van der Waals surface area contributed by atoms with Crippen LogP contribution in [0.2, 0.25) is 0 Å². The Kier molecular flexibility index (Phi) is 3.47. The summed E-state index contributed by atoms with van der Waals surface area (Å²) in [7, 11) is 1.65. The van der Waals surface area contributed by atoms with E-state index in [4.69, 9.17) is 5.11 Å². The highest BCUT2D eigenvalue weighted by Crippen LogP contribution is 2.15. The molecule has 0 aliphatic heterocycles. The minimum atomic E-state index is -0.909. The number of aromatic nitrogens is 3. The molecule has 0 amide bonds. The summed E-state index contributed by atoms with van der Waals surface area (Å²) >= 11 is 0. The van der Waals surface area contributed by atoms with E-state index in [1.54, 1.807) is 25.4 Å². The van der Waals surface area contributed by atoms with E-state index in [1.807, 2.05) is 18.2 Å². The molecular formula is C12H12N4O2. The fraction of sp³-hybridized carbons (Fsp3) is 0.167. The van der Waals surface area contributed by atoms with Crippen LogP contribution in [0, 0.1) is 0 Å². The van der Waals surface area contributed by atoms with Gasteiger partial charge in [-0.3, -0.25) is 9.78 Å². The van der Waals surface area contributed by atoms with Gasteiger partial charge < -0.3 is 10.0 Å². The number of carbonyl (C=O) groups is 1. The number of likely N-dealkylation sites (N-methyl/N-ethyl adjacent to an activating group) is 1. The Hall–Kier alpha value is -2.50. The Morgan fingerprint density at radius 3 is 2.61 bits per heavy atom. The first-order chi connectivity index (χ1) is 8.66. The zero-order valence-electron chi connectivity index (χ0n) is 9.82. The third-order valence-corrected chi connectivity index (χ3v) is 2.34. The summed E-state index contributed by atoms with van der Waals surface area (Å²) in [5.74, 6) is -0.398. The van der Waals surface area contributed by atoms with Gasteiger partial charge in [0, 0.05) is 13.2 Å². The lowest BCUT2D eigenvalue weighted by atomic mass is 10.2. The molecule has 2 aromatic rings. The molecule has 2 aromatic heterocycles.